The molecule has 0 fully saturated rings. The summed E-state index contributed by atoms with van der Waals surface area (Å²) in [6.07, 6.45) is 1.63. The fourth-order valence-corrected chi connectivity index (χ4v) is 1.76. The Balaban J connectivity index is 2.09. The number of hydrogen-bond acceptors (Lipinski definition) is 3. The number of aromatic nitrogens is 2. The molecule has 2 aromatic rings. The third-order valence-corrected chi connectivity index (χ3v) is 2.71. The second-order valence-corrected chi connectivity index (χ2v) is 4.24. The second kappa shape index (κ2) is 5.43. The van der Waals surface area contributed by atoms with Gasteiger partial charge in [0, 0.05) is 12.2 Å². The van der Waals surface area contributed by atoms with Crippen LogP contribution in [-0.2, 0) is 4.79 Å². The van der Waals surface area contributed by atoms with E-state index in [0.29, 0.717) is 12.1 Å². The number of nitrogens with one attached hydrogen (secondary N) is 4. The van der Waals surface area contributed by atoms with Gasteiger partial charge in [0.25, 0.3) is 0 Å². The first-order valence-corrected chi connectivity index (χ1v) is 5.97. The summed E-state index contributed by atoms with van der Waals surface area (Å²) in [5.74, 6) is -0.109. The van der Waals surface area contributed by atoms with Crippen LogP contribution in [0.1, 0.15) is 6.92 Å². The molecule has 6 nitrogen and oxygen atoms in total. The maximum Gasteiger partial charge on any atom is 0.323 e. The average Bonchev–Trinajstić information content (AvgIpc) is 2.75. The first-order valence-electron chi connectivity index (χ1n) is 5.97. The topological polar surface area (TPSA) is 89.8 Å². The van der Waals surface area contributed by atoms with E-state index < -0.39 is 0 Å². The van der Waals surface area contributed by atoms with Gasteiger partial charge >= 0.3 is 5.69 Å². The zero-order valence-electron chi connectivity index (χ0n) is 10.6. The molecule has 19 heavy (non-hydrogen) atoms. The van der Waals surface area contributed by atoms with E-state index in [-0.39, 0.29) is 17.6 Å². The van der Waals surface area contributed by atoms with Gasteiger partial charge in [-0.3, -0.25) is 4.79 Å². The van der Waals surface area contributed by atoms with Crippen molar-refractivity contribution in [1.82, 2.24) is 15.3 Å². The van der Waals surface area contributed by atoms with Gasteiger partial charge in [-0.15, -0.1) is 6.58 Å². The van der Waals surface area contributed by atoms with Crippen molar-refractivity contribution >= 4 is 22.6 Å². The minimum absolute atomic E-state index is 0.109. The Kier molecular flexibility index (Phi) is 3.70. The van der Waals surface area contributed by atoms with Crippen molar-refractivity contribution in [1.29, 1.82) is 0 Å². The lowest BCUT2D eigenvalue weighted by Gasteiger charge is -2.14. The van der Waals surface area contributed by atoms with Gasteiger partial charge in [0.05, 0.1) is 11.0 Å². The first-order chi connectivity index (χ1) is 9.10. The molecule has 0 saturated carbocycles. The summed E-state index contributed by atoms with van der Waals surface area (Å²) in [5, 5.41) is 5.78. The number of rotatable bonds is 5. The largest absolute Gasteiger partial charge is 0.374 e. The van der Waals surface area contributed by atoms with E-state index in [1.54, 1.807) is 25.1 Å². The minimum atomic E-state index is -0.372. The molecule has 1 atom stereocenters. The number of amides is 1. The molecular weight excluding hydrogens is 244 g/mol. The average molecular weight is 260 g/mol. The number of H-pyrrole nitrogens is 2. The number of aromatic amines is 2. The molecule has 0 spiro atoms. The molecule has 1 heterocycles. The van der Waals surface area contributed by atoms with E-state index in [9.17, 15) is 9.59 Å². The van der Waals surface area contributed by atoms with E-state index in [1.807, 2.05) is 6.07 Å². The molecule has 2 rings (SSSR count). The van der Waals surface area contributed by atoms with Crippen molar-refractivity contribution in [2.45, 2.75) is 13.0 Å². The molecular formula is C13H16N4O2. The molecule has 100 valence electrons. The molecule has 0 unspecified atom stereocenters. The van der Waals surface area contributed by atoms with Crippen LogP contribution in [0, 0.1) is 0 Å². The Morgan fingerprint density at radius 2 is 2.16 bits per heavy atom. The van der Waals surface area contributed by atoms with Gasteiger partial charge in [0.1, 0.15) is 6.04 Å². The third-order valence-electron chi connectivity index (χ3n) is 2.71. The number of carbonyl (C=O) groups excluding carboxylic acids is 1. The molecule has 0 aliphatic heterocycles. The molecule has 0 aliphatic carbocycles. The van der Waals surface area contributed by atoms with Crippen molar-refractivity contribution in [2.24, 2.45) is 0 Å². The zero-order chi connectivity index (χ0) is 13.8. The summed E-state index contributed by atoms with van der Waals surface area (Å²) in [4.78, 5) is 28.2. The van der Waals surface area contributed by atoms with Crippen LogP contribution in [0.2, 0.25) is 0 Å². The maximum atomic E-state index is 11.7. The predicted octanol–water partition coefficient (Wildman–Crippen LogP) is 0.959. The van der Waals surface area contributed by atoms with Crippen molar-refractivity contribution in [3.8, 4) is 0 Å². The van der Waals surface area contributed by atoms with Crippen LogP contribution in [0.3, 0.4) is 0 Å². The molecule has 1 aromatic heterocycles. The lowest BCUT2D eigenvalue weighted by atomic mass is 10.2. The van der Waals surface area contributed by atoms with E-state index in [0.717, 1.165) is 11.2 Å². The number of anilines is 1. The highest BCUT2D eigenvalue weighted by atomic mass is 16.2. The molecule has 1 amide bonds. The monoisotopic (exact) mass is 260 g/mol. The highest BCUT2D eigenvalue weighted by molar-refractivity contribution is 5.85. The number of carbonyl (C=O) groups is 1. The van der Waals surface area contributed by atoms with Crippen LogP contribution >= 0.6 is 0 Å². The molecule has 1 aromatic carbocycles. The van der Waals surface area contributed by atoms with E-state index >= 15 is 0 Å². The maximum absolute atomic E-state index is 11.7. The lowest BCUT2D eigenvalue weighted by molar-refractivity contribution is -0.121. The summed E-state index contributed by atoms with van der Waals surface area (Å²) in [7, 11) is 0. The van der Waals surface area contributed by atoms with Gasteiger partial charge in [-0.25, -0.2) is 4.79 Å². The SMILES string of the molecule is C=CCNC(=O)[C@H](C)Nc1ccc2[nH]c(=O)[nH]c2c1. The minimum Gasteiger partial charge on any atom is -0.374 e. The smallest absolute Gasteiger partial charge is 0.323 e. The van der Waals surface area contributed by atoms with Gasteiger partial charge in [-0.1, -0.05) is 6.08 Å². The van der Waals surface area contributed by atoms with Crippen molar-refractivity contribution < 1.29 is 4.79 Å². The van der Waals surface area contributed by atoms with Crippen molar-refractivity contribution in [2.75, 3.05) is 11.9 Å². The Bertz CT molecular complexity index is 656. The van der Waals surface area contributed by atoms with Crippen LogP contribution in [0.5, 0.6) is 0 Å². The van der Waals surface area contributed by atoms with E-state index in [2.05, 4.69) is 27.2 Å². The van der Waals surface area contributed by atoms with Crippen LogP contribution in [0.4, 0.5) is 5.69 Å². The van der Waals surface area contributed by atoms with Gasteiger partial charge in [0.2, 0.25) is 5.91 Å². The number of benzene rings is 1. The number of fused-ring (bicyclic) bond motifs is 1. The highest BCUT2D eigenvalue weighted by Crippen LogP contribution is 2.15. The molecule has 0 saturated heterocycles. The fraction of sp³-hybridized carbons (Fsp3) is 0.231. The van der Waals surface area contributed by atoms with Gasteiger partial charge < -0.3 is 20.6 Å². The van der Waals surface area contributed by atoms with Crippen LogP contribution < -0.4 is 16.3 Å². The number of hydrogen-bond donors (Lipinski definition) is 4. The van der Waals surface area contributed by atoms with Crippen LogP contribution in [0.15, 0.2) is 35.6 Å². The third kappa shape index (κ3) is 3.04. The summed E-state index contributed by atoms with van der Waals surface area (Å²) in [6.45, 7) is 5.75. The highest BCUT2D eigenvalue weighted by Gasteiger charge is 2.11. The quantitative estimate of drug-likeness (QED) is 0.604. The Labute approximate surface area is 109 Å². The Morgan fingerprint density at radius 1 is 1.42 bits per heavy atom. The van der Waals surface area contributed by atoms with Crippen LogP contribution in [0.25, 0.3) is 11.0 Å². The molecule has 0 bridgehead atoms. The summed E-state index contributed by atoms with van der Waals surface area (Å²) in [5.41, 5.74) is 1.96. The Morgan fingerprint density at radius 3 is 2.89 bits per heavy atom. The normalized spacial score (nSPS) is 12.1. The first kappa shape index (κ1) is 12.9. The lowest BCUT2D eigenvalue weighted by Crippen LogP contribution is -2.37. The van der Waals surface area contributed by atoms with E-state index in [1.165, 1.54) is 0 Å². The van der Waals surface area contributed by atoms with Gasteiger partial charge in [-0.2, -0.15) is 0 Å². The van der Waals surface area contributed by atoms with Gasteiger partial charge in [-0.05, 0) is 25.1 Å². The van der Waals surface area contributed by atoms with Crippen molar-refractivity contribution in [3.05, 3.63) is 41.3 Å². The molecule has 6 heteroatoms. The van der Waals surface area contributed by atoms with Gasteiger partial charge in [0.15, 0.2) is 0 Å². The zero-order valence-corrected chi connectivity index (χ0v) is 10.6. The van der Waals surface area contributed by atoms with Crippen LogP contribution in [-0.4, -0.2) is 28.5 Å². The summed E-state index contributed by atoms with van der Waals surface area (Å²) < 4.78 is 0. The molecule has 4 N–H and O–H groups in total. The molecule has 0 radical (unpaired) electrons. The van der Waals surface area contributed by atoms with Crippen molar-refractivity contribution in [3.63, 3.8) is 0 Å². The van der Waals surface area contributed by atoms with E-state index in [4.69, 9.17) is 0 Å². The summed E-state index contributed by atoms with van der Waals surface area (Å²) in [6, 6.07) is 5.00. The fourth-order valence-electron chi connectivity index (χ4n) is 1.76. The summed E-state index contributed by atoms with van der Waals surface area (Å²) >= 11 is 0. The number of imidazole rings is 1. The second-order valence-electron chi connectivity index (χ2n) is 4.24. The molecule has 0 aliphatic rings. The Hall–Kier alpha value is -2.50. The predicted molar refractivity (Wildman–Crippen MR) is 75.2 cm³/mol. The standard InChI is InChI=1S/C13H16N4O2/c1-3-6-14-12(18)8(2)15-9-4-5-10-11(7-9)17-13(19)16-10/h3-5,7-8,15H,1,6H2,2H3,(H,14,18)(H2,16,17,19)/t8-/m0/s1.